The number of rotatable bonds is 6. The van der Waals surface area contributed by atoms with Crippen LogP contribution in [0.4, 0.5) is 24.8 Å². The molecule has 0 saturated heterocycles. The predicted molar refractivity (Wildman–Crippen MR) is 67.4 cm³/mol. The van der Waals surface area contributed by atoms with Crippen molar-refractivity contribution in [2.45, 2.75) is 25.6 Å². The van der Waals surface area contributed by atoms with E-state index in [0.29, 0.717) is 0 Å². The Bertz CT molecular complexity index is 547. The molecule has 1 aromatic heterocycles. The van der Waals surface area contributed by atoms with Gasteiger partial charge in [0.15, 0.2) is 5.82 Å². The molecular formula is C11H14F3N5O2. The molecule has 10 heteroatoms. The quantitative estimate of drug-likeness (QED) is 0.772. The highest BCUT2D eigenvalue weighted by atomic mass is 19.4. The lowest BCUT2D eigenvalue weighted by atomic mass is 10.3. The second-order valence-corrected chi connectivity index (χ2v) is 4.02. The van der Waals surface area contributed by atoms with Crippen LogP contribution < -0.4 is 11.1 Å². The summed E-state index contributed by atoms with van der Waals surface area (Å²) in [5.74, 6) is -0.974. The van der Waals surface area contributed by atoms with Gasteiger partial charge in [0.05, 0.1) is 32.6 Å². The van der Waals surface area contributed by atoms with Crippen molar-refractivity contribution < 1.29 is 22.7 Å². The van der Waals surface area contributed by atoms with E-state index in [0.717, 1.165) is 7.11 Å². The van der Waals surface area contributed by atoms with Gasteiger partial charge in [0.2, 0.25) is 0 Å². The molecule has 1 aromatic rings. The summed E-state index contributed by atoms with van der Waals surface area (Å²) >= 11 is 0. The highest BCUT2D eigenvalue weighted by Crippen LogP contribution is 2.24. The largest absolute Gasteiger partial charge is 0.465 e. The Balaban J connectivity index is 2.95. The summed E-state index contributed by atoms with van der Waals surface area (Å²) in [4.78, 5) is 11.6. The standard InChI is InChI=1S/C11H14F3N5O2/c1-21-10(20)7-8(16)19(6-2-4-15)18-9(7)17-5-3-11(12,13)14/h2-3,5-6,16H2,1H3,(H,17,18). The lowest BCUT2D eigenvalue weighted by molar-refractivity contribution is -0.131. The normalized spacial score (nSPS) is 11.0. The van der Waals surface area contributed by atoms with Crippen molar-refractivity contribution in [1.29, 1.82) is 5.26 Å². The first kappa shape index (κ1) is 16.6. The Morgan fingerprint density at radius 1 is 1.57 bits per heavy atom. The fraction of sp³-hybridized carbons (Fsp3) is 0.545. The average Bonchev–Trinajstić information content (AvgIpc) is 2.70. The summed E-state index contributed by atoms with van der Waals surface area (Å²) in [6.07, 6.45) is -5.32. The van der Waals surface area contributed by atoms with Crippen LogP contribution in [0.5, 0.6) is 0 Å². The second-order valence-electron chi connectivity index (χ2n) is 4.02. The van der Waals surface area contributed by atoms with E-state index in [2.05, 4.69) is 15.2 Å². The number of hydrogen-bond donors (Lipinski definition) is 2. The fourth-order valence-electron chi connectivity index (χ4n) is 1.55. The maximum Gasteiger partial charge on any atom is 0.390 e. The molecule has 0 bridgehead atoms. The molecule has 0 aromatic carbocycles. The van der Waals surface area contributed by atoms with Crippen LogP contribution in [0.3, 0.4) is 0 Å². The van der Waals surface area contributed by atoms with Gasteiger partial charge < -0.3 is 15.8 Å². The van der Waals surface area contributed by atoms with E-state index in [-0.39, 0.29) is 30.2 Å². The van der Waals surface area contributed by atoms with Gasteiger partial charge in [0, 0.05) is 6.54 Å². The summed E-state index contributed by atoms with van der Waals surface area (Å²) in [7, 11) is 1.12. The first-order valence-corrected chi connectivity index (χ1v) is 5.92. The molecule has 0 saturated carbocycles. The molecule has 1 rings (SSSR count). The zero-order valence-corrected chi connectivity index (χ0v) is 11.2. The molecule has 0 amide bonds. The topological polar surface area (TPSA) is 106 Å². The number of nitriles is 1. The monoisotopic (exact) mass is 305 g/mol. The molecule has 7 nitrogen and oxygen atoms in total. The first-order chi connectivity index (χ1) is 9.80. The third-order valence-electron chi connectivity index (χ3n) is 2.52. The molecule has 0 aliphatic carbocycles. The van der Waals surface area contributed by atoms with E-state index in [4.69, 9.17) is 11.0 Å². The minimum Gasteiger partial charge on any atom is -0.465 e. The van der Waals surface area contributed by atoms with Crippen molar-refractivity contribution in [3.8, 4) is 6.07 Å². The number of nitrogens with zero attached hydrogens (tertiary/aromatic N) is 3. The smallest absolute Gasteiger partial charge is 0.390 e. The maximum atomic E-state index is 12.1. The number of methoxy groups -OCH3 is 1. The van der Waals surface area contributed by atoms with Gasteiger partial charge in [-0.1, -0.05) is 0 Å². The SMILES string of the molecule is COC(=O)c1c(NCCC(F)(F)F)nn(CCC#N)c1N. The summed E-state index contributed by atoms with van der Waals surface area (Å²) < 4.78 is 42.0. The Morgan fingerprint density at radius 2 is 2.24 bits per heavy atom. The molecule has 0 radical (unpaired) electrons. The minimum absolute atomic E-state index is 0.0633. The number of esters is 1. The molecule has 0 unspecified atom stereocenters. The van der Waals surface area contributed by atoms with Crippen LogP contribution in [0, 0.1) is 11.3 Å². The molecule has 0 aliphatic rings. The predicted octanol–water partition coefficient (Wildman–Crippen LogP) is 1.53. The first-order valence-electron chi connectivity index (χ1n) is 5.92. The van der Waals surface area contributed by atoms with Crippen molar-refractivity contribution in [1.82, 2.24) is 9.78 Å². The van der Waals surface area contributed by atoms with Gasteiger partial charge in [-0.15, -0.1) is 0 Å². The number of nitrogen functional groups attached to an aromatic ring is 1. The molecule has 0 spiro atoms. The number of carbonyl (C=O) groups is 1. The number of aryl methyl sites for hydroxylation is 1. The number of alkyl halides is 3. The number of halogens is 3. The minimum atomic E-state index is -4.33. The number of ether oxygens (including phenoxy) is 1. The Kier molecular flexibility index (Phi) is 5.40. The number of aromatic nitrogens is 2. The Morgan fingerprint density at radius 3 is 2.76 bits per heavy atom. The molecule has 0 aliphatic heterocycles. The summed E-state index contributed by atoms with van der Waals surface area (Å²) in [5, 5.41) is 14.8. The van der Waals surface area contributed by atoms with Crippen molar-refractivity contribution in [2.75, 3.05) is 24.7 Å². The highest BCUT2D eigenvalue weighted by Gasteiger charge is 2.28. The van der Waals surface area contributed by atoms with Crippen molar-refractivity contribution in [3.05, 3.63) is 5.56 Å². The molecule has 0 atom stereocenters. The van der Waals surface area contributed by atoms with Crippen molar-refractivity contribution in [2.24, 2.45) is 0 Å². The third kappa shape index (κ3) is 4.55. The zero-order chi connectivity index (χ0) is 16.0. The average molecular weight is 305 g/mol. The summed E-state index contributed by atoms with van der Waals surface area (Å²) in [6, 6.07) is 1.88. The van der Waals surface area contributed by atoms with Gasteiger partial charge >= 0.3 is 12.1 Å². The molecule has 116 valence electrons. The second kappa shape index (κ2) is 6.83. The molecule has 1 heterocycles. The van der Waals surface area contributed by atoms with E-state index in [1.165, 1.54) is 4.68 Å². The Hall–Kier alpha value is -2.44. The molecule has 3 N–H and O–H groups in total. The maximum absolute atomic E-state index is 12.1. The van der Waals surface area contributed by atoms with E-state index >= 15 is 0 Å². The number of nitrogens with two attached hydrogens (primary N) is 1. The van der Waals surface area contributed by atoms with E-state index in [1.54, 1.807) is 0 Å². The zero-order valence-electron chi connectivity index (χ0n) is 11.2. The fourth-order valence-corrected chi connectivity index (χ4v) is 1.55. The third-order valence-corrected chi connectivity index (χ3v) is 2.52. The van der Waals surface area contributed by atoms with E-state index in [9.17, 15) is 18.0 Å². The number of anilines is 2. The number of nitrogens with one attached hydrogen (secondary N) is 1. The molecule has 0 fully saturated rings. The Labute approximate surface area is 118 Å². The van der Waals surface area contributed by atoms with Crippen LogP contribution in [0.2, 0.25) is 0 Å². The molecule has 21 heavy (non-hydrogen) atoms. The molecular weight excluding hydrogens is 291 g/mol. The lowest BCUT2D eigenvalue weighted by Crippen LogP contribution is -2.16. The van der Waals surface area contributed by atoms with Crippen LogP contribution in [-0.2, 0) is 11.3 Å². The van der Waals surface area contributed by atoms with E-state index in [1.807, 2.05) is 6.07 Å². The van der Waals surface area contributed by atoms with E-state index < -0.39 is 25.1 Å². The van der Waals surface area contributed by atoms with Crippen molar-refractivity contribution in [3.63, 3.8) is 0 Å². The summed E-state index contributed by atoms with van der Waals surface area (Å²) in [6.45, 7) is -0.338. The van der Waals surface area contributed by atoms with Crippen LogP contribution in [0.15, 0.2) is 0 Å². The van der Waals surface area contributed by atoms with Crippen LogP contribution in [0.25, 0.3) is 0 Å². The number of carbonyl (C=O) groups excluding carboxylic acids is 1. The lowest BCUT2D eigenvalue weighted by Gasteiger charge is -2.07. The van der Waals surface area contributed by atoms with Crippen LogP contribution in [0.1, 0.15) is 23.2 Å². The summed E-state index contributed by atoms with van der Waals surface area (Å²) in [5.41, 5.74) is 5.57. The van der Waals surface area contributed by atoms with Gasteiger partial charge in [-0.2, -0.15) is 23.5 Å². The van der Waals surface area contributed by atoms with Crippen LogP contribution in [-0.4, -0.2) is 35.6 Å². The van der Waals surface area contributed by atoms with Gasteiger partial charge in [-0.25, -0.2) is 9.48 Å². The van der Waals surface area contributed by atoms with Crippen molar-refractivity contribution >= 4 is 17.6 Å². The van der Waals surface area contributed by atoms with Gasteiger partial charge in [-0.05, 0) is 0 Å². The van der Waals surface area contributed by atoms with Crippen LogP contribution >= 0.6 is 0 Å². The van der Waals surface area contributed by atoms with Gasteiger partial charge in [0.25, 0.3) is 0 Å². The van der Waals surface area contributed by atoms with Gasteiger partial charge in [-0.3, -0.25) is 0 Å². The number of hydrogen-bond acceptors (Lipinski definition) is 6. The highest BCUT2D eigenvalue weighted by molar-refractivity contribution is 5.99. The van der Waals surface area contributed by atoms with Gasteiger partial charge in [0.1, 0.15) is 11.4 Å².